The molecule has 0 N–H and O–H groups in total. The van der Waals surface area contributed by atoms with E-state index >= 15 is 0 Å². The molecular weight excluding hydrogens is 404 g/mol. The molecule has 0 bridgehead atoms. The number of hydrogen-bond acceptors (Lipinski definition) is 3. The zero-order valence-corrected chi connectivity index (χ0v) is 15.7. The molecule has 1 saturated heterocycles. The number of amides is 1. The van der Waals surface area contributed by atoms with Gasteiger partial charge in [0.2, 0.25) is 15.9 Å². The summed E-state index contributed by atoms with van der Waals surface area (Å²) in [5.74, 6) is -0.226. The monoisotopic (exact) mass is 418 g/mol. The van der Waals surface area contributed by atoms with Crippen molar-refractivity contribution in [3.05, 3.63) is 70.3 Å². The van der Waals surface area contributed by atoms with Crippen molar-refractivity contribution >= 4 is 37.9 Å². The summed E-state index contributed by atoms with van der Waals surface area (Å²) in [4.78, 5) is 14.3. The molecule has 2 atom stereocenters. The largest absolute Gasteiger partial charge is 0.296 e. The number of halogens is 1. The lowest BCUT2D eigenvalue weighted by Gasteiger charge is -2.32. The molecule has 0 spiro atoms. The van der Waals surface area contributed by atoms with Gasteiger partial charge in [0.25, 0.3) is 0 Å². The molecular formula is C18H15BrN2O3S. The molecule has 0 unspecified atom stereocenters. The van der Waals surface area contributed by atoms with E-state index in [0.29, 0.717) is 0 Å². The molecule has 7 heteroatoms. The van der Waals surface area contributed by atoms with Crippen molar-refractivity contribution < 1.29 is 13.2 Å². The van der Waals surface area contributed by atoms with Gasteiger partial charge in [-0.15, -0.1) is 0 Å². The van der Waals surface area contributed by atoms with Gasteiger partial charge in [-0.3, -0.25) is 9.69 Å². The van der Waals surface area contributed by atoms with E-state index < -0.39 is 22.2 Å². The van der Waals surface area contributed by atoms with Crippen molar-refractivity contribution in [1.82, 2.24) is 9.21 Å². The van der Waals surface area contributed by atoms with Gasteiger partial charge >= 0.3 is 0 Å². The summed E-state index contributed by atoms with van der Waals surface area (Å²) in [5, 5.41) is 0. The molecule has 1 amide bonds. The van der Waals surface area contributed by atoms with Crippen molar-refractivity contribution in [2.75, 3.05) is 0 Å². The molecule has 4 rings (SSSR count). The van der Waals surface area contributed by atoms with E-state index in [1.54, 1.807) is 37.4 Å². The Labute approximate surface area is 154 Å². The van der Waals surface area contributed by atoms with Crippen LogP contribution in [-0.2, 0) is 14.8 Å². The predicted octanol–water partition coefficient (Wildman–Crippen LogP) is 3.35. The second-order valence-electron chi connectivity index (χ2n) is 6.03. The highest BCUT2D eigenvalue weighted by molar-refractivity contribution is 9.10. The number of carbonyl (C=O) groups is 1. The Morgan fingerprint density at radius 3 is 2.44 bits per heavy atom. The van der Waals surface area contributed by atoms with Gasteiger partial charge in [-0.2, -0.15) is 4.31 Å². The summed E-state index contributed by atoms with van der Waals surface area (Å²) in [7, 11) is -3.83. The van der Waals surface area contributed by atoms with E-state index in [1.165, 1.54) is 9.21 Å². The summed E-state index contributed by atoms with van der Waals surface area (Å²) >= 11 is 3.31. The van der Waals surface area contributed by atoms with E-state index in [0.717, 1.165) is 15.6 Å². The van der Waals surface area contributed by atoms with Gasteiger partial charge in [0.1, 0.15) is 12.2 Å². The Kier molecular flexibility index (Phi) is 3.82. The summed E-state index contributed by atoms with van der Waals surface area (Å²) in [6.45, 7) is 1.63. The Hall–Kier alpha value is -1.96. The third-order valence-corrected chi connectivity index (χ3v) is 7.04. The lowest BCUT2D eigenvalue weighted by atomic mass is 10.0. The quantitative estimate of drug-likeness (QED) is 0.750. The zero-order chi connectivity index (χ0) is 17.8. The molecule has 0 aliphatic carbocycles. The van der Waals surface area contributed by atoms with Crippen LogP contribution < -0.4 is 0 Å². The van der Waals surface area contributed by atoms with Gasteiger partial charge in [-0.25, -0.2) is 8.42 Å². The van der Waals surface area contributed by atoms with Crippen LogP contribution in [0.4, 0.5) is 0 Å². The third kappa shape index (κ3) is 2.46. The summed E-state index contributed by atoms with van der Waals surface area (Å²) in [6, 6.07) is 13.2. The van der Waals surface area contributed by atoms with Crippen LogP contribution in [0.1, 0.15) is 24.2 Å². The van der Waals surface area contributed by atoms with Crippen molar-refractivity contribution in [2.24, 2.45) is 0 Å². The zero-order valence-electron chi connectivity index (χ0n) is 13.3. The number of benzene rings is 2. The molecule has 5 nitrogen and oxygen atoms in total. The molecule has 2 aliphatic rings. The van der Waals surface area contributed by atoms with Crippen molar-refractivity contribution in [1.29, 1.82) is 0 Å². The molecule has 25 heavy (non-hydrogen) atoms. The minimum Gasteiger partial charge on any atom is -0.296 e. The first-order valence-electron chi connectivity index (χ1n) is 7.79. The fourth-order valence-electron chi connectivity index (χ4n) is 3.35. The molecule has 0 saturated carbocycles. The molecule has 2 aromatic carbocycles. The van der Waals surface area contributed by atoms with E-state index in [-0.39, 0.29) is 10.8 Å². The fraction of sp³-hybridized carbons (Fsp3) is 0.167. The van der Waals surface area contributed by atoms with E-state index in [2.05, 4.69) is 15.9 Å². The molecule has 2 aliphatic heterocycles. The Morgan fingerprint density at radius 1 is 1.04 bits per heavy atom. The predicted molar refractivity (Wildman–Crippen MR) is 97.7 cm³/mol. The first-order valence-corrected chi connectivity index (χ1v) is 10.0. The van der Waals surface area contributed by atoms with Crippen LogP contribution >= 0.6 is 15.9 Å². The maximum Gasteiger partial charge on any atom is 0.246 e. The van der Waals surface area contributed by atoms with Crippen molar-refractivity contribution in [2.45, 2.75) is 24.0 Å². The second kappa shape index (κ2) is 5.79. The highest BCUT2D eigenvalue weighted by Gasteiger charge is 2.51. The van der Waals surface area contributed by atoms with E-state index in [4.69, 9.17) is 0 Å². The van der Waals surface area contributed by atoms with Gasteiger partial charge < -0.3 is 0 Å². The summed E-state index contributed by atoms with van der Waals surface area (Å²) < 4.78 is 28.7. The third-order valence-electron chi connectivity index (χ3n) is 4.58. The SMILES string of the molecule is C[C@H]1C(=O)N2C=Cc3ccccc3[C@H]2N1S(=O)(=O)c1ccc(Br)cc1. The van der Waals surface area contributed by atoms with Crippen molar-refractivity contribution in [3.8, 4) is 0 Å². The minimum atomic E-state index is -3.83. The fourth-order valence-corrected chi connectivity index (χ4v) is 5.32. The normalized spacial score (nSPS) is 22.8. The molecule has 0 aromatic heterocycles. The van der Waals surface area contributed by atoms with Crippen LogP contribution in [0.15, 0.2) is 64.1 Å². The van der Waals surface area contributed by atoms with Crippen LogP contribution in [-0.4, -0.2) is 29.6 Å². The summed E-state index contributed by atoms with van der Waals surface area (Å²) in [6.07, 6.45) is 2.85. The van der Waals surface area contributed by atoms with Crippen LogP contribution in [0.25, 0.3) is 6.08 Å². The lowest BCUT2D eigenvalue weighted by molar-refractivity contribution is -0.127. The molecule has 2 heterocycles. The average molecular weight is 419 g/mol. The second-order valence-corrected chi connectivity index (χ2v) is 8.79. The molecule has 128 valence electrons. The standard InChI is InChI=1S/C18H15BrN2O3S/c1-12-18(22)20-11-10-13-4-2-3-5-16(13)17(20)21(12)25(23,24)15-8-6-14(19)7-9-15/h2-12,17H,1H3/t12-,17+/m0/s1. The number of sulfonamides is 1. The minimum absolute atomic E-state index is 0.171. The van der Waals surface area contributed by atoms with Crippen molar-refractivity contribution in [3.63, 3.8) is 0 Å². The number of rotatable bonds is 2. The maximum absolute atomic E-state index is 13.3. The van der Waals surface area contributed by atoms with E-state index in [1.807, 2.05) is 30.3 Å². The number of nitrogens with zero attached hydrogens (tertiary/aromatic N) is 2. The number of carbonyl (C=O) groups excluding carboxylic acids is 1. The van der Waals surface area contributed by atoms with Gasteiger partial charge in [-0.1, -0.05) is 40.2 Å². The van der Waals surface area contributed by atoms with Gasteiger partial charge in [0, 0.05) is 10.7 Å². The smallest absolute Gasteiger partial charge is 0.246 e. The van der Waals surface area contributed by atoms with Crippen LogP contribution in [0.5, 0.6) is 0 Å². The van der Waals surface area contributed by atoms with Crippen LogP contribution in [0, 0.1) is 0 Å². The Bertz CT molecular complexity index is 986. The first kappa shape index (κ1) is 16.5. The van der Waals surface area contributed by atoms with Crippen LogP contribution in [0.2, 0.25) is 0 Å². The average Bonchev–Trinajstić information content (AvgIpc) is 2.87. The molecule has 2 aromatic rings. The van der Waals surface area contributed by atoms with Gasteiger partial charge in [0.15, 0.2) is 0 Å². The lowest BCUT2D eigenvalue weighted by Crippen LogP contribution is -2.38. The highest BCUT2D eigenvalue weighted by Crippen LogP contribution is 2.42. The molecule has 0 radical (unpaired) electrons. The van der Waals surface area contributed by atoms with E-state index in [9.17, 15) is 13.2 Å². The number of hydrogen-bond donors (Lipinski definition) is 0. The number of fused-ring (bicyclic) bond motifs is 3. The highest BCUT2D eigenvalue weighted by atomic mass is 79.9. The Morgan fingerprint density at radius 2 is 1.72 bits per heavy atom. The van der Waals surface area contributed by atoms with Gasteiger partial charge in [-0.05, 0) is 48.4 Å². The maximum atomic E-state index is 13.3. The first-order chi connectivity index (χ1) is 11.9. The van der Waals surface area contributed by atoms with Crippen LogP contribution in [0.3, 0.4) is 0 Å². The summed E-state index contributed by atoms with van der Waals surface area (Å²) in [5.41, 5.74) is 1.73. The Balaban J connectivity index is 1.87. The topological polar surface area (TPSA) is 57.7 Å². The van der Waals surface area contributed by atoms with Gasteiger partial charge in [0.05, 0.1) is 4.90 Å². The molecule has 1 fully saturated rings.